The summed E-state index contributed by atoms with van der Waals surface area (Å²) in [6.45, 7) is 2.75. The van der Waals surface area contributed by atoms with E-state index in [1.807, 2.05) is 24.0 Å². The lowest BCUT2D eigenvalue weighted by Gasteiger charge is -2.19. The molecule has 0 bridgehead atoms. The third-order valence-corrected chi connectivity index (χ3v) is 4.41. The van der Waals surface area contributed by atoms with Gasteiger partial charge in [0, 0.05) is 18.8 Å². The Kier molecular flexibility index (Phi) is 2.70. The third kappa shape index (κ3) is 1.75. The van der Waals surface area contributed by atoms with E-state index in [4.69, 9.17) is 5.73 Å². The van der Waals surface area contributed by atoms with Crippen molar-refractivity contribution < 1.29 is 4.79 Å². The van der Waals surface area contributed by atoms with Crippen molar-refractivity contribution in [1.29, 1.82) is 0 Å². The first-order valence-electron chi connectivity index (χ1n) is 6.16. The quantitative estimate of drug-likeness (QED) is 0.923. The Morgan fingerprint density at radius 3 is 3.00 bits per heavy atom. The molecule has 0 atom stereocenters. The Labute approximate surface area is 109 Å². The van der Waals surface area contributed by atoms with Gasteiger partial charge in [-0.25, -0.2) is 0 Å². The number of thiophene rings is 1. The van der Waals surface area contributed by atoms with Crippen LogP contribution in [-0.4, -0.2) is 28.4 Å². The zero-order chi connectivity index (χ0) is 12.7. The van der Waals surface area contributed by atoms with Crippen LogP contribution in [0.2, 0.25) is 0 Å². The first kappa shape index (κ1) is 11.5. The lowest BCUT2D eigenvalue weighted by atomic mass is 10.3. The summed E-state index contributed by atoms with van der Waals surface area (Å²) < 4.78 is 0.977. The van der Waals surface area contributed by atoms with Gasteiger partial charge in [-0.3, -0.25) is 9.78 Å². The topological polar surface area (TPSA) is 59.2 Å². The van der Waals surface area contributed by atoms with Crippen LogP contribution in [0, 0.1) is 0 Å². The minimum absolute atomic E-state index is 0.0560. The molecule has 2 aromatic heterocycles. The first-order chi connectivity index (χ1) is 8.72. The number of pyridine rings is 1. The van der Waals surface area contributed by atoms with E-state index in [1.165, 1.54) is 11.3 Å². The van der Waals surface area contributed by atoms with E-state index in [9.17, 15) is 4.79 Å². The van der Waals surface area contributed by atoms with Crippen LogP contribution in [0.15, 0.2) is 18.3 Å². The van der Waals surface area contributed by atoms with Gasteiger partial charge in [-0.2, -0.15) is 0 Å². The van der Waals surface area contributed by atoms with E-state index >= 15 is 0 Å². The van der Waals surface area contributed by atoms with E-state index in [0.717, 1.165) is 29.6 Å². The lowest BCUT2D eigenvalue weighted by molar-refractivity contribution is 0.0758. The zero-order valence-electron chi connectivity index (χ0n) is 10.2. The van der Waals surface area contributed by atoms with Gasteiger partial charge in [-0.15, -0.1) is 11.3 Å². The summed E-state index contributed by atoms with van der Waals surface area (Å²) in [5.74, 6) is 0.0560. The second-order valence-electron chi connectivity index (χ2n) is 4.52. The second kappa shape index (κ2) is 4.24. The number of hydrogen-bond donors (Lipinski definition) is 1. The number of carbonyl (C=O) groups is 1. The molecule has 5 heteroatoms. The number of nitrogens with zero attached hydrogens (tertiary/aromatic N) is 2. The van der Waals surface area contributed by atoms with Gasteiger partial charge in [0.25, 0.3) is 5.91 Å². The minimum Gasteiger partial charge on any atom is -0.396 e. The van der Waals surface area contributed by atoms with Gasteiger partial charge in [0.2, 0.25) is 0 Å². The Hall–Kier alpha value is -1.62. The highest BCUT2D eigenvalue weighted by molar-refractivity contribution is 7.21. The molecule has 2 aromatic rings. The Morgan fingerprint density at radius 1 is 1.61 bits per heavy atom. The first-order valence-corrected chi connectivity index (χ1v) is 6.98. The number of carbonyl (C=O) groups excluding carboxylic acids is 1. The van der Waals surface area contributed by atoms with Gasteiger partial charge in [0.1, 0.15) is 10.4 Å². The highest BCUT2D eigenvalue weighted by Gasteiger charge is 2.33. The summed E-state index contributed by atoms with van der Waals surface area (Å²) in [7, 11) is 0. The van der Waals surface area contributed by atoms with Gasteiger partial charge in [0.15, 0.2) is 0 Å². The molecule has 2 heterocycles. The maximum Gasteiger partial charge on any atom is 0.266 e. The number of rotatable bonds is 3. The predicted octanol–water partition coefficient (Wildman–Crippen LogP) is 2.50. The van der Waals surface area contributed by atoms with Gasteiger partial charge in [-0.1, -0.05) is 0 Å². The lowest BCUT2D eigenvalue weighted by Crippen LogP contribution is -2.32. The number of fused-ring (bicyclic) bond motifs is 1. The summed E-state index contributed by atoms with van der Waals surface area (Å²) in [6.07, 6.45) is 3.93. The van der Waals surface area contributed by atoms with Crippen molar-refractivity contribution in [3.05, 3.63) is 23.2 Å². The van der Waals surface area contributed by atoms with E-state index in [2.05, 4.69) is 4.98 Å². The van der Waals surface area contributed by atoms with Crippen LogP contribution in [0.1, 0.15) is 29.4 Å². The van der Waals surface area contributed by atoms with Crippen molar-refractivity contribution >= 4 is 33.1 Å². The van der Waals surface area contributed by atoms with Crippen molar-refractivity contribution in [3.63, 3.8) is 0 Å². The van der Waals surface area contributed by atoms with Crippen LogP contribution >= 0.6 is 11.3 Å². The number of nitrogens with two attached hydrogens (primary N) is 1. The van der Waals surface area contributed by atoms with Crippen molar-refractivity contribution in [1.82, 2.24) is 9.88 Å². The molecule has 1 aliphatic carbocycles. The standard InChI is InChI=1S/C13H15N3OS/c1-2-16(8-5-6-8)13(17)12-10(14)11-9(18-12)4-3-7-15-11/h3-4,7-8H,2,5-6,14H2,1H3. The molecule has 2 N–H and O–H groups in total. The fourth-order valence-corrected chi connectivity index (χ4v) is 3.23. The smallest absolute Gasteiger partial charge is 0.266 e. The number of anilines is 1. The van der Waals surface area contributed by atoms with Crippen LogP contribution in [0.25, 0.3) is 10.2 Å². The summed E-state index contributed by atoms with van der Waals surface area (Å²) in [6, 6.07) is 4.23. The number of nitrogen functional groups attached to an aromatic ring is 1. The molecule has 1 aliphatic rings. The SMILES string of the molecule is CCN(C(=O)c1sc2cccnc2c1N)C1CC1. The van der Waals surface area contributed by atoms with E-state index < -0.39 is 0 Å². The molecule has 0 unspecified atom stereocenters. The summed E-state index contributed by atoms with van der Waals surface area (Å²) in [4.78, 5) is 19.3. The van der Waals surface area contributed by atoms with Crippen LogP contribution in [0.3, 0.4) is 0 Å². The summed E-state index contributed by atoms with van der Waals surface area (Å²) >= 11 is 1.44. The molecule has 3 rings (SSSR count). The molecule has 0 radical (unpaired) electrons. The molecule has 1 amide bonds. The van der Waals surface area contributed by atoms with Crippen molar-refractivity contribution in [2.75, 3.05) is 12.3 Å². The third-order valence-electron chi connectivity index (χ3n) is 3.27. The zero-order valence-corrected chi connectivity index (χ0v) is 11.0. The average molecular weight is 261 g/mol. The van der Waals surface area contributed by atoms with Gasteiger partial charge >= 0.3 is 0 Å². The molecule has 94 valence electrons. The minimum atomic E-state index is 0.0560. The summed E-state index contributed by atoms with van der Waals surface area (Å²) in [5, 5.41) is 0. The molecule has 0 aromatic carbocycles. The largest absolute Gasteiger partial charge is 0.396 e. The molecular weight excluding hydrogens is 246 g/mol. The molecule has 1 fully saturated rings. The summed E-state index contributed by atoms with van der Waals surface area (Å²) in [5.41, 5.74) is 7.33. The van der Waals surface area contributed by atoms with Crippen LogP contribution in [0.4, 0.5) is 5.69 Å². The highest BCUT2D eigenvalue weighted by Crippen LogP contribution is 2.35. The van der Waals surface area contributed by atoms with Crippen LogP contribution < -0.4 is 5.73 Å². The number of aromatic nitrogens is 1. The number of amides is 1. The Bertz CT molecular complexity index is 603. The highest BCUT2D eigenvalue weighted by atomic mass is 32.1. The van der Waals surface area contributed by atoms with E-state index in [-0.39, 0.29) is 5.91 Å². The molecule has 4 nitrogen and oxygen atoms in total. The van der Waals surface area contributed by atoms with Crippen LogP contribution in [-0.2, 0) is 0 Å². The normalized spacial score (nSPS) is 14.9. The Balaban J connectivity index is 2.02. The van der Waals surface area contributed by atoms with Gasteiger partial charge < -0.3 is 10.6 Å². The van der Waals surface area contributed by atoms with Gasteiger partial charge in [0.05, 0.1) is 10.4 Å². The predicted molar refractivity (Wildman–Crippen MR) is 73.8 cm³/mol. The van der Waals surface area contributed by atoms with E-state index in [1.54, 1.807) is 6.20 Å². The fourth-order valence-electron chi connectivity index (χ4n) is 2.19. The van der Waals surface area contributed by atoms with Crippen LogP contribution in [0.5, 0.6) is 0 Å². The van der Waals surface area contributed by atoms with Crippen molar-refractivity contribution in [3.8, 4) is 0 Å². The molecule has 0 aliphatic heterocycles. The number of hydrogen-bond acceptors (Lipinski definition) is 4. The average Bonchev–Trinajstić information content (AvgIpc) is 3.16. The molecule has 1 saturated carbocycles. The van der Waals surface area contributed by atoms with Crippen molar-refractivity contribution in [2.45, 2.75) is 25.8 Å². The monoisotopic (exact) mass is 261 g/mol. The molecule has 18 heavy (non-hydrogen) atoms. The van der Waals surface area contributed by atoms with E-state index in [0.29, 0.717) is 16.6 Å². The molecule has 0 spiro atoms. The molecule has 0 saturated heterocycles. The van der Waals surface area contributed by atoms with Crippen molar-refractivity contribution in [2.24, 2.45) is 0 Å². The Morgan fingerprint density at radius 2 is 2.39 bits per heavy atom. The molecular formula is C13H15N3OS. The maximum atomic E-state index is 12.5. The van der Waals surface area contributed by atoms with Gasteiger partial charge in [-0.05, 0) is 31.9 Å². The fraction of sp³-hybridized carbons (Fsp3) is 0.385. The maximum absolute atomic E-state index is 12.5. The second-order valence-corrected chi connectivity index (χ2v) is 5.57.